The molecule has 3 aromatic rings. The Morgan fingerprint density at radius 1 is 1.27 bits per heavy atom. The summed E-state index contributed by atoms with van der Waals surface area (Å²) in [4.78, 5) is 12.6. The lowest BCUT2D eigenvalue weighted by atomic mass is 9.87. The van der Waals surface area contributed by atoms with Crippen LogP contribution < -0.4 is 14.8 Å². The number of nitrogens with zero attached hydrogens (tertiary/aromatic N) is 2. The Hall–Kier alpha value is -3.54. The number of nitrogens with one attached hydrogen (secondary N) is 1. The van der Waals surface area contributed by atoms with E-state index < -0.39 is 0 Å². The molecule has 0 saturated heterocycles. The number of aryl methyl sites for hydroxylation is 1. The van der Waals surface area contributed by atoms with Crippen molar-refractivity contribution in [2.75, 3.05) is 19.0 Å². The van der Waals surface area contributed by atoms with Crippen molar-refractivity contribution in [3.8, 4) is 17.2 Å². The van der Waals surface area contributed by atoms with E-state index in [9.17, 15) is 4.79 Å². The summed E-state index contributed by atoms with van der Waals surface area (Å²) in [5, 5.41) is 7.64. The first-order valence-electron chi connectivity index (χ1n) is 10.0. The number of amides is 1. The molecule has 6 nitrogen and oxygen atoms in total. The number of aromatic nitrogens is 2. The second-order valence-electron chi connectivity index (χ2n) is 7.16. The van der Waals surface area contributed by atoms with Crippen LogP contribution in [0.1, 0.15) is 36.0 Å². The van der Waals surface area contributed by atoms with Crippen LogP contribution >= 0.6 is 0 Å². The van der Waals surface area contributed by atoms with Crippen LogP contribution in [0.5, 0.6) is 11.5 Å². The maximum atomic E-state index is 12.6. The summed E-state index contributed by atoms with van der Waals surface area (Å²) >= 11 is 0. The molecular formula is C24H25N3O3. The SMILES string of the molecule is C=CCOc1ccc([C@@H]2CC(=O)Nc3c2cnn3-c2ccccc2CC)cc1OC. The zero-order valence-electron chi connectivity index (χ0n) is 17.2. The highest BCUT2D eigenvalue weighted by Gasteiger charge is 2.31. The first-order chi connectivity index (χ1) is 14.7. The van der Waals surface area contributed by atoms with Gasteiger partial charge in [0, 0.05) is 17.9 Å². The molecular weight excluding hydrogens is 378 g/mol. The van der Waals surface area contributed by atoms with Crippen LogP contribution in [0.25, 0.3) is 5.69 Å². The van der Waals surface area contributed by atoms with E-state index in [1.165, 1.54) is 5.56 Å². The zero-order valence-corrected chi connectivity index (χ0v) is 17.2. The highest BCUT2D eigenvalue weighted by atomic mass is 16.5. The molecule has 1 amide bonds. The molecule has 0 radical (unpaired) electrons. The number of hydrogen-bond acceptors (Lipinski definition) is 4. The molecule has 2 aromatic carbocycles. The van der Waals surface area contributed by atoms with Crippen LogP contribution in [0.15, 0.2) is 61.3 Å². The molecule has 0 fully saturated rings. The van der Waals surface area contributed by atoms with Gasteiger partial charge >= 0.3 is 0 Å². The Morgan fingerprint density at radius 2 is 2.10 bits per heavy atom. The van der Waals surface area contributed by atoms with Crippen LogP contribution in [-0.4, -0.2) is 29.4 Å². The lowest BCUT2D eigenvalue weighted by Gasteiger charge is -2.25. The van der Waals surface area contributed by atoms with Gasteiger partial charge in [0.2, 0.25) is 5.91 Å². The van der Waals surface area contributed by atoms with E-state index in [2.05, 4.69) is 30.0 Å². The standard InChI is InChI=1S/C24H25N3O3/c1-4-12-30-21-11-10-17(13-22(21)29-3)18-14-23(28)26-24-19(18)15-25-27(24)20-9-7-6-8-16(20)5-2/h4,6-11,13,15,18H,1,5,12,14H2,2-3H3,(H,26,28)/t18-/m0/s1. The fourth-order valence-electron chi connectivity index (χ4n) is 3.89. The van der Waals surface area contributed by atoms with Crippen LogP contribution in [0.3, 0.4) is 0 Å². The summed E-state index contributed by atoms with van der Waals surface area (Å²) in [7, 11) is 1.61. The Bertz CT molecular complexity index is 1090. The molecule has 0 spiro atoms. The van der Waals surface area contributed by atoms with Gasteiger partial charge in [-0.15, -0.1) is 0 Å². The lowest BCUT2D eigenvalue weighted by molar-refractivity contribution is -0.116. The number of carbonyl (C=O) groups excluding carboxylic acids is 1. The van der Waals surface area contributed by atoms with Gasteiger partial charge < -0.3 is 14.8 Å². The quantitative estimate of drug-likeness (QED) is 0.591. The largest absolute Gasteiger partial charge is 0.493 e. The number of methoxy groups -OCH3 is 1. The van der Waals surface area contributed by atoms with Crippen molar-refractivity contribution in [3.05, 3.63) is 78.0 Å². The van der Waals surface area contributed by atoms with Gasteiger partial charge in [-0.05, 0) is 35.7 Å². The molecule has 0 aliphatic carbocycles. The molecule has 1 aliphatic rings. The number of para-hydroxylation sites is 1. The van der Waals surface area contributed by atoms with Gasteiger partial charge in [-0.25, -0.2) is 4.68 Å². The number of benzene rings is 2. The van der Waals surface area contributed by atoms with Gasteiger partial charge in [0.15, 0.2) is 11.5 Å². The van der Waals surface area contributed by atoms with E-state index in [0.29, 0.717) is 24.5 Å². The van der Waals surface area contributed by atoms with Crippen molar-refractivity contribution in [2.24, 2.45) is 0 Å². The van der Waals surface area contributed by atoms with E-state index in [0.717, 1.165) is 29.1 Å². The monoisotopic (exact) mass is 403 g/mol. The number of anilines is 1. The maximum absolute atomic E-state index is 12.6. The molecule has 30 heavy (non-hydrogen) atoms. The highest BCUT2D eigenvalue weighted by molar-refractivity contribution is 5.94. The minimum atomic E-state index is -0.112. The molecule has 1 N–H and O–H groups in total. The zero-order chi connectivity index (χ0) is 21.1. The fraction of sp³-hybridized carbons (Fsp3) is 0.250. The predicted molar refractivity (Wildman–Crippen MR) is 117 cm³/mol. The van der Waals surface area contributed by atoms with Gasteiger partial charge in [0.1, 0.15) is 12.4 Å². The highest BCUT2D eigenvalue weighted by Crippen LogP contribution is 2.41. The summed E-state index contributed by atoms with van der Waals surface area (Å²) < 4.78 is 13.0. The topological polar surface area (TPSA) is 65.4 Å². The third-order valence-corrected chi connectivity index (χ3v) is 5.37. The molecule has 154 valence electrons. The summed E-state index contributed by atoms with van der Waals surface area (Å²) in [6, 6.07) is 13.9. The van der Waals surface area contributed by atoms with E-state index in [1.807, 2.05) is 47.3 Å². The van der Waals surface area contributed by atoms with Gasteiger partial charge in [-0.2, -0.15) is 5.10 Å². The van der Waals surface area contributed by atoms with Gasteiger partial charge in [0.05, 0.1) is 19.0 Å². The van der Waals surface area contributed by atoms with E-state index in [4.69, 9.17) is 9.47 Å². The first-order valence-corrected chi connectivity index (χ1v) is 10.0. The van der Waals surface area contributed by atoms with Gasteiger partial charge in [0.25, 0.3) is 0 Å². The number of fused-ring (bicyclic) bond motifs is 1. The van der Waals surface area contributed by atoms with E-state index in [-0.39, 0.29) is 11.8 Å². The third kappa shape index (κ3) is 3.56. The minimum Gasteiger partial charge on any atom is -0.493 e. The number of rotatable bonds is 7. The van der Waals surface area contributed by atoms with Crippen molar-refractivity contribution in [1.29, 1.82) is 0 Å². The summed E-state index contributed by atoms with van der Waals surface area (Å²) in [6.45, 7) is 6.18. The van der Waals surface area contributed by atoms with Crippen LogP contribution in [-0.2, 0) is 11.2 Å². The second kappa shape index (κ2) is 8.45. The first kappa shape index (κ1) is 19.8. The van der Waals surface area contributed by atoms with E-state index in [1.54, 1.807) is 13.2 Å². The van der Waals surface area contributed by atoms with Crippen LogP contribution in [0, 0.1) is 0 Å². The average molecular weight is 403 g/mol. The number of ether oxygens (including phenoxy) is 2. The number of carbonyl (C=O) groups is 1. The molecule has 1 aliphatic heterocycles. The van der Waals surface area contributed by atoms with Crippen molar-refractivity contribution >= 4 is 11.7 Å². The number of hydrogen-bond donors (Lipinski definition) is 1. The van der Waals surface area contributed by atoms with Gasteiger partial charge in [-0.3, -0.25) is 4.79 Å². The molecule has 1 aromatic heterocycles. The third-order valence-electron chi connectivity index (χ3n) is 5.37. The lowest BCUT2D eigenvalue weighted by Crippen LogP contribution is -2.24. The van der Waals surface area contributed by atoms with Crippen LogP contribution in [0.2, 0.25) is 0 Å². The van der Waals surface area contributed by atoms with Crippen molar-refractivity contribution in [3.63, 3.8) is 0 Å². The Labute approximate surface area is 176 Å². The minimum absolute atomic E-state index is 0.0332. The molecule has 1 atom stereocenters. The second-order valence-corrected chi connectivity index (χ2v) is 7.16. The molecule has 4 rings (SSSR count). The Balaban J connectivity index is 1.76. The Morgan fingerprint density at radius 3 is 2.87 bits per heavy atom. The predicted octanol–water partition coefficient (Wildman–Crippen LogP) is 4.48. The molecule has 0 bridgehead atoms. The average Bonchev–Trinajstić information content (AvgIpc) is 3.20. The fourth-order valence-corrected chi connectivity index (χ4v) is 3.89. The van der Waals surface area contributed by atoms with Crippen molar-refractivity contribution in [2.45, 2.75) is 25.7 Å². The summed E-state index contributed by atoms with van der Waals surface area (Å²) in [5.41, 5.74) is 4.12. The molecule has 2 heterocycles. The van der Waals surface area contributed by atoms with Crippen molar-refractivity contribution in [1.82, 2.24) is 9.78 Å². The van der Waals surface area contributed by atoms with Gasteiger partial charge in [-0.1, -0.05) is 43.8 Å². The summed E-state index contributed by atoms with van der Waals surface area (Å²) in [5.74, 6) is 1.86. The molecule has 0 saturated carbocycles. The van der Waals surface area contributed by atoms with Crippen molar-refractivity contribution < 1.29 is 14.3 Å². The summed E-state index contributed by atoms with van der Waals surface area (Å²) in [6.07, 6.45) is 4.77. The van der Waals surface area contributed by atoms with Crippen LogP contribution in [0.4, 0.5) is 5.82 Å². The molecule has 6 heteroatoms. The maximum Gasteiger partial charge on any atom is 0.226 e. The normalized spacial score (nSPS) is 15.3. The molecule has 0 unspecified atom stereocenters. The smallest absolute Gasteiger partial charge is 0.226 e. The van der Waals surface area contributed by atoms with E-state index >= 15 is 0 Å². The Kier molecular flexibility index (Phi) is 5.57.